The molecule has 1 aliphatic heterocycles. The molecule has 12 heteroatoms. The van der Waals surface area contributed by atoms with Crippen LogP contribution in [-0.4, -0.2) is 38.2 Å². The van der Waals surface area contributed by atoms with Crippen LogP contribution in [0.5, 0.6) is 0 Å². The van der Waals surface area contributed by atoms with E-state index in [9.17, 15) is 14.5 Å². The first kappa shape index (κ1) is 18.8. The Morgan fingerprint density at radius 3 is 2.86 bits per heavy atom. The molecule has 0 amide bonds. The smallest absolute Gasteiger partial charge is 0.850 e. The number of aromatic nitrogens is 2. The molecule has 1 aliphatic rings. The molecule has 10 nitrogen and oxygen atoms in total. The van der Waals surface area contributed by atoms with E-state index in [-0.39, 0.29) is 41.8 Å². The van der Waals surface area contributed by atoms with Crippen LogP contribution in [0.3, 0.4) is 0 Å². The fourth-order valence-corrected chi connectivity index (χ4v) is 2.18. The van der Waals surface area contributed by atoms with E-state index in [4.69, 9.17) is 20.3 Å². The van der Waals surface area contributed by atoms with E-state index in [1.807, 2.05) is 0 Å². The first-order valence-electron chi connectivity index (χ1n) is 5.62. The quantitative estimate of drug-likeness (QED) is 0.211. The second-order valence-electron chi connectivity index (χ2n) is 4.23. The van der Waals surface area contributed by atoms with Gasteiger partial charge in [0.05, 0.1) is 12.7 Å². The number of anilines is 1. The minimum absolute atomic E-state index is 0. The number of phosphoric ester groups is 1. The Labute approximate surface area is 141 Å². The summed E-state index contributed by atoms with van der Waals surface area (Å²) in [6.45, 7) is -0.550. The molecule has 1 fully saturated rings. The van der Waals surface area contributed by atoms with Crippen LogP contribution in [0.4, 0.5) is 5.82 Å². The molecule has 0 saturated carbocycles. The van der Waals surface area contributed by atoms with Crippen molar-refractivity contribution in [3.8, 4) is 0 Å². The Morgan fingerprint density at radius 1 is 1.62 bits per heavy atom. The van der Waals surface area contributed by atoms with Gasteiger partial charge in [-0.25, -0.2) is 9.36 Å². The van der Waals surface area contributed by atoms with E-state index in [0.717, 1.165) is 4.57 Å². The number of ether oxygens (including phenoxy) is 1. The molecule has 2 rings (SSSR count). The average molecular weight is 341 g/mol. The fourth-order valence-electron chi connectivity index (χ4n) is 1.84. The second kappa shape index (κ2) is 7.32. The SMILES string of the molecule is [15NH2][13c]1[13cH][13cH][15n]([13C@H]2[13CH2][13C@H]([O-])[13C@@H]([13CH2]OP(=O)(O)O)O2)[13c](=O)[15n]1.[Na+]. The summed E-state index contributed by atoms with van der Waals surface area (Å²) in [5.41, 5.74) is 4.67. The van der Waals surface area contributed by atoms with Gasteiger partial charge in [0.15, 0.2) is 0 Å². The summed E-state index contributed by atoms with van der Waals surface area (Å²) < 4.78 is 21.2. The van der Waals surface area contributed by atoms with Crippen LogP contribution in [0, 0.1) is 0 Å². The van der Waals surface area contributed by atoms with Crippen LogP contribution in [0.1, 0.15) is 12.6 Å². The van der Waals surface area contributed by atoms with Gasteiger partial charge in [-0.05, 0) is 12.5 Å². The van der Waals surface area contributed by atoms with Crippen LogP contribution in [0.2, 0.25) is 0 Å². The van der Waals surface area contributed by atoms with Crippen molar-refractivity contribution >= 4 is 13.6 Å². The first-order chi connectivity index (χ1) is 9.26. The van der Waals surface area contributed by atoms with Crippen LogP contribution in [0.15, 0.2) is 17.1 Å². The van der Waals surface area contributed by atoms with E-state index in [0.29, 0.717) is 0 Å². The van der Waals surface area contributed by atoms with Gasteiger partial charge >= 0.3 is 43.1 Å². The van der Waals surface area contributed by atoms with Crippen molar-refractivity contribution in [2.75, 3.05) is 12.3 Å². The third-order valence-electron chi connectivity index (χ3n) is 2.75. The minimum atomic E-state index is -4.67. The van der Waals surface area contributed by atoms with Gasteiger partial charge in [-0.3, -0.25) is 9.09 Å². The Bertz CT molecular complexity index is 591. The largest absolute Gasteiger partial charge is 1.00 e. The van der Waals surface area contributed by atoms with Gasteiger partial charge < -0.3 is 25.4 Å². The third-order valence-corrected chi connectivity index (χ3v) is 3.23. The first-order valence-corrected chi connectivity index (χ1v) is 7.15. The molecule has 112 valence electrons. The van der Waals surface area contributed by atoms with E-state index in [2.05, 4.69) is 9.51 Å². The number of nitrogens with two attached hydrogens (primary N) is 1. The van der Waals surface area contributed by atoms with Crippen molar-refractivity contribution in [3.63, 3.8) is 0 Å². The summed E-state index contributed by atoms with van der Waals surface area (Å²) >= 11 is 0. The van der Waals surface area contributed by atoms with Crippen molar-refractivity contribution in [2.24, 2.45) is 0 Å². The van der Waals surface area contributed by atoms with Gasteiger partial charge in [0, 0.05) is 6.20 Å². The Kier molecular flexibility index (Phi) is 6.54. The molecule has 0 radical (unpaired) electrons. The molecule has 0 aromatic carbocycles. The van der Waals surface area contributed by atoms with Crippen molar-refractivity contribution in [1.29, 1.82) is 0 Å². The van der Waals surface area contributed by atoms with E-state index in [1.165, 1.54) is 12.3 Å². The number of hydrogen-bond donors (Lipinski definition) is 3. The Morgan fingerprint density at radius 2 is 2.29 bits per heavy atom. The van der Waals surface area contributed by atoms with E-state index >= 15 is 0 Å². The van der Waals surface area contributed by atoms with Crippen molar-refractivity contribution in [3.05, 3.63) is 22.7 Å². The molecule has 0 bridgehead atoms. The molecule has 0 unspecified atom stereocenters. The van der Waals surface area contributed by atoms with Crippen LogP contribution in [0.25, 0.3) is 0 Å². The van der Waals surface area contributed by atoms with E-state index < -0.39 is 38.6 Å². The summed E-state index contributed by atoms with van der Waals surface area (Å²) in [4.78, 5) is 32.2. The molecule has 3 atom stereocenters. The molecule has 21 heavy (non-hydrogen) atoms. The summed E-state index contributed by atoms with van der Waals surface area (Å²) in [7, 11) is -4.67. The van der Waals surface area contributed by atoms with Crippen molar-refractivity contribution in [1.82, 2.24) is 9.55 Å². The predicted molar refractivity (Wildman–Crippen MR) is 63.2 cm³/mol. The van der Waals surface area contributed by atoms with Gasteiger partial charge in [0.1, 0.15) is 12.0 Å². The van der Waals surface area contributed by atoms with Crippen LogP contribution >= 0.6 is 7.82 Å². The topological polar surface area (TPSA) is 160 Å². The predicted octanol–water partition coefficient (Wildman–Crippen LogP) is -5.04. The maximum absolute atomic E-state index is 11.7. The Hall–Kier alpha value is -0.290. The molecular weight excluding hydrogens is 328 g/mol. The summed E-state index contributed by atoms with van der Waals surface area (Å²) in [6, 6.07) is 1.38. The van der Waals surface area contributed by atoms with Crippen molar-refractivity contribution < 1.29 is 58.3 Å². The number of nitrogen functional groups attached to an aromatic ring is 1. The normalized spacial score (nSPS) is 25.6. The summed E-state index contributed by atoms with van der Waals surface area (Å²) in [5.74, 6) is 0.0457. The number of nitrogens with zero attached hydrogens (tertiary/aromatic N) is 2. The zero-order valence-corrected chi connectivity index (χ0v) is 14.1. The third kappa shape index (κ3) is 5.13. The summed E-state index contributed by atoms with van der Waals surface area (Å²) in [5, 5.41) is 11.7. The van der Waals surface area contributed by atoms with E-state index in [1.54, 1.807) is 0 Å². The zero-order valence-electron chi connectivity index (χ0n) is 11.2. The maximum Gasteiger partial charge on any atom is 1.00 e. The maximum atomic E-state index is 11.7. The molecule has 1 saturated heterocycles. The number of rotatable bonds is 4. The molecular formula is C9H13N3NaO7P. The fraction of sp³-hybridized carbons (Fsp3) is 0.556. The van der Waals surface area contributed by atoms with Gasteiger partial charge in [-0.15, -0.1) is 0 Å². The Balaban J connectivity index is 0.00000220. The molecule has 0 aliphatic carbocycles. The molecule has 1 aromatic heterocycles. The molecule has 0 spiro atoms. The number of hydrogen-bond acceptors (Lipinski definition) is 7. The van der Waals surface area contributed by atoms with Gasteiger partial charge in [0.2, 0.25) is 0 Å². The van der Waals surface area contributed by atoms with Crippen LogP contribution in [-0.2, 0) is 13.8 Å². The zero-order chi connectivity index (χ0) is 14.9. The average Bonchev–Trinajstić information content (AvgIpc) is 2.67. The minimum Gasteiger partial charge on any atom is -0.850 e. The van der Waals surface area contributed by atoms with Gasteiger partial charge in [-0.1, -0.05) is 6.10 Å². The standard InChI is InChI=1S/C9H13N3O7P.Na/c10-7-1-2-12(9(14)11-7)8-3-5(13)6(19-8)4-18-20(15,16)17;/h1-2,5-6,8H,3-4H2,(H2,10,11,14)(H2,15,16,17);/q-1;+1/t5-,6+,8+;/m0./s1/i1+1,2+1,3+1,4+1,5+1,6+1,7+1,8+1,9+1,10+1,11+1,12+1;. The number of phosphoric acid groups is 1. The van der Waals surface area contributed by atoms with Gasteiger partial charge in [-0.2, -0.15) is 4.98 Å². The van der Waals surface area contributed by atoms with Gasteiger partial charge in [0.25, 0.3) is 0 Å². The molecule has 4 N–H and O–H groups in total. The molecule has 1 aromatic rings. The second-order valence-corrected chi connectivity index (χ2v) is 5.47. The monoisotopic (exact) mass is 341 g/mol. The van der Waals surface area contributed by atoms with Crippen molar-refractivity contribution in [2.45, 2.75) is 24.9 Å². The summed E-state index contributed by atoms with van der Waals surface area (Å²) in [6.07, 6.45) is -1.88. The van der Waals surface area contributed by atoms with Crippen LogP contribution < -0.4 is 46.1 Å². The molecule has 2 heterocycles.